The highest BCUT2D eigenvalue weighted by Crippen LogP contribution is 2.10. The standard InChI is InChI=1S/C15H16O/c1-4-5-6-13(3)11-15(16)14-9-7-12(2)8-10-14/h4-10H,1,3,11H2,2H3/b6-5-. The molecular weight excluding hydrogens is 196 g/mol. The monoisotopic (exact) mass is 212 g/mol. The smallest absolute Gasteiger partial charge is 0.167 e. The van der Waals surface area contributed by atoms with E-state index in [0.29, 0.717) is 6.42 Å². The fourth-order valence-corrected chi connectivity index (χ4v) is 1.31. The molecule has 0 spiro atoms. The van der Waals surface area contributed by atoms with E-state index in [1.165, 1.54) is 0 Å². The van der Waals surface area contributed by atoms with Crippen LogP contribution in [0.15, 0.2) is 61.2 Å². The Morgan fingerprint density at radius 2 is 1.94 bits per heavy atom. The molecule has 0 radical (unpaired) electrons. The predicted octanol–water partition coefficient (Wildman–Crippen LogP) is 3.87. The van der Waals surface area contributed by atoms with Crippen LogP contribution < -0.4 is 0 Å². The molecule has 0 amide bonds. The van der Waals surface area contributed by atoms with Gasteiger partial charge in [0.25, 0.3) is 0 Å². The summed E-state index contributed by atoms with van der Waals surface area (Å²) in [6.45, 7) is 9.39. The van der Waals surface area contributed by atoms with Gasteiger partial charge in [0.05, 0.1) is 0 Å². The summed E-state index contributed by atoms with van der Waals surface area (Å²) in [5, 5.41) is 0. The van der Waals surface area contributed by atoms with Crippen molar-refractivity contribution in [2.75, 3.05) is 0 Å². The SMILES string of the molecule is C=C/C=C\C(=C)CC(=O)c1ccc(C)cc1. The number of allylic oxidation sites excluding steroid dienone is 4. The topological polar surface area (TPSA) is 17.1 Å². The van der Waals surface area contributed by atoms with E-state index in [9.17, 15) is 4.79 Å². The number of ketones is 1. The molecule has 1 rings (SSSR count). The van der Waals surface area contributed by atoms with Crippen LogP contribution in [0.25, 0.3) is 0 Å². The molecule has 1 aromatic rings. The van der Waals surface area contributed by atoms with Gasteiger partial charge in [-0.15, -0.1) is 0 Å². The summed E-state index contributed by atoms with van der Waals surface area (Å²) < 4.78 is 0. The van der Waals surface area contributed by atoms with Gasteiger partial charge in [-0.05, 0) is 12.5 Å². The number of carbonyl (C=O) groups excluding carboxylic acids is 1. The molecule has 0 heterocycles. The van der Waals surface area contributed by atoms with E-state index in [4.69, 9.17) is 0 Å². The van der Waals surface area contributed by atoms with Gasteiger partial charge in [0.15, 0.2) is 5.78 Å². The van der Waals surface area contributed by atoms with E-state index in [1.807, 2.05) is 31.2 Å². The molecule has 1 heteroatoms. The lowest BCUT2D eigenvalue weighted by atomic mass is 10.0. The van der Waals surface area contributed by atoms with Gasteiger partial charge in [-0.1, -0.05) is 61.2 Å². The number of benzene rings is 1. The van der Waals surface area contributed by atoms with E-state index >= 15 is 0 Å². The number of aryl methyl sites for hydroxylation is 1. The number of rotatable bonds is 5. The predicted molar refractivity (Wildman–Crippen MR) is 68.6 cm³/mol. The van der Waals surface area contributed by atoms with Gasteiger partial charge >= 0.3 is 0 Å². The van der Waals surface area contributed by atoms with Crippen molar-refractivity contribution in [1.82, 2.24) is 0 Å². The molecule has 0 fully saturated rings. The van der Waals surface area contributed by atoms with Gasteiger partial charge in [-0.2, -0.15) is 0 Å². The molecule has 0 N–H and O–H groups in total. The Morgan fingerprint density at radius 1 is 1.31 bits per heavy atom. The summed E-state index contributed by atoms with van der Waals surface area (Å²) >= 11 is 0. The molecule has 0 aliphatic rings. The molecule has 1 nitrogen and oxygen atoms in total. The molecule has 82 valence electrons. The zero-order chi connectivity index (χ0) is 12.0. The molecule has 0 aromatic heterocycles. The minimum absolute atomic E-state index is 0.0960. The fourth-order valence-electron chi connectivity index (χ4n) is 1.31. The van der Waals surface area contributed by atoms with Crippen molar-refractivity contribution in [3.8, 4) is 0 Å². The lowest BCUT2D eigenvalue weighted by Gasteiger charge is -2.01. The van der Waals surface area contributed by atoms with Crippen LogP contribution in [-0.2, 0) is 0 Å². The van der Waals surface area contributed by atoms with Crippen LogP contribution in [0.3, 0.4) is 0 Å². The third-order valence-corrected chi connectivity index (χ3v) is 2.23. The minimum Gasteiger partial charge on any atom is -0.294 e. The number of hydrogen-bond acceptors (Lipinski definition) is 1. The Bertz CT molecular complexity index is 421. The Hall–Kier alpha value is -1.89. The maximum atomic E-state index is 11.8. The van der Waals surface area contributed by atoms with Crippen molar-refractivity contribution in [2.45, 2.75) is 13.3 Å². The van der Waals surface area contributed by atoms with Crippen LogP contribution in [0, 0.1) is 6.92 Å². The second-order valence-electron chi connectivity index (χ2n) is 3.72. The largest absolute Gasteiger partial charge is 0.294 e. The van der Waals surface area contributed by atoms with Gasteiger partial charge in [0, 0.05) is 12.0 Å². The zero-order valence-electron chi connectivity index (χ0n) is 9.57. The summed E-state index contributed by atoms with van der Waals surface area (Å²) in [6.07, 6.45) is 5.61. The average Bonchev–Trinajstić information content (AvgIpc) is 2.27. The Balaban J connectivity index is 2.65. The van der Waals surface area contributed by atoms with Crippen LogP contribution in [0.4, 0.5) is 0 Å². The van der Waals surface area contributed by atoms with Gasteiger partial charge in [0.2, 0.25) is 0 Å². The molecule has 0 bridgehead atoms. The van der Waals surface area contributed by atoms with Crippen molar-refractivity contribution >= 4 is 5.78 Å². The van der Waals surface area contributed by atoms with Crippen LogP contribution in [-0.4, -0.2) is 5.78 Å². The molecule has 0 atom stereocenters. The Labute approximate surface area is 96.8 Å². The maximum Gasteiger partial charge on any atom is 0.167 e. The van der Waals surface area contributed by atoms with E-state index in [2.05, 4.69) is 13.2 Å². The van der Waals surface area contributed by atoms with Crippen LogP contribution in [0.1, 0.15) is 22.3 Å². The van der Waals surface area contributed by atoms with Gasteiger partial charge in [-0.3, -0.25) is 4.79 Å². The van der Waals surface area contributed by atoms with Crippen molar-refractivity contribution in [3.05, 3.63) is 72.4 Å². The second kappa shape index (κ2) is 5.86. The summed E-state index contributed by atoms with van der Waals surface area (Å²) in [5.41, 5.74) is 2.69. The first-order valence-electron chi connectivity index (χ1n) is 5.20. The van der Waals surface area contributed by atoms with Crippen molar-refractivity contribution < 1.29 is 4.79 Å². The molecule has 0 saturated carbocycles. The van der Waals surface area contributed by atoms with Gasteiger partial charge < -0.3 is 0 Å². The first kappa shape index (κ1) is 12.2. The first-order chi connectivity index (χ1) is 7.63. The molecular formula is C15H16O. The number of Topliss-reactive ketones (excluding diaryl/α,β-unsaturated/α-hetero) is 1. The molecule has 0 aliphatic carbocycles. The summed E-state index contributed by atoms with van der Waals surface area (Å²) in [7, 11) is 0. The number of hydrogen-bond donors (Lipinski definition) is 0. The van der Waals surface area contributed by atoms with Crippen molar-refractivity contribution in [1.29, 1.82) is 0 Å². The summed E-state index contributed by atoms with van der Waals surface area (Å²) in [6, 6.07) is 7.58. The number of carbonyl (C=O) groups is 1. The van der Waals surface area contributed by atoms with E-state index in [-0.39, 0.29) is 5.78 Å². The lowest BCUT2D eigenvalue weighted by molar-refractivity contribution is 0.0994. The fraction of sp³-hybridized carbons (Fsp3) is 0.133. The van der Waals surface area contributed by atoms with Gasteiger partial charge in [0.1, 0.15) is 0 Å². The van der Waals surface area contributed by atoms with Gasteiger partial charge in [-0.25, -0.2) is 0 Å². The lowest BCUT2D eigenvalue weighted by Crippen LogP contribution is -1.99. The van der Waals surface area contributed by atoms with E-state index in [0.717, 1.165) is 16.7 Å². The Kier molecular flexibility index (Phi) is 4.46. The highest BCUT2D eigenvalue weighted by molar-refractivity contribution is 5.97. The van der Waals surface area contributed by atoms with E-state index in [1.54, 1.807) is 18.2 Å². The van der Waals surface area contributed by atoms with E-state index < -0.39 is 0 Å². The molecule has 1 aromatic carbocycles. The Morgan fingerprint density at radius 3 is 2.50 bits per heavy atom. The third kappa shape index (κ3) is 3.70. The average molecular weight is 212 g/mol. The molecule has 0 aliphatic heterocycles. The zero-order valence-corrected chi connectivity index (χ0v) is 9.57. The van der Waals surface area contributed by atoms with Crippen LogP contribution in [0.2, 0.25) is 0 Å². The summed E-state index contributed by atoms with van der Waals surface area (Å²) in [5.74, 6) is 0.0960. The van der Waals surface area contributed by atoms with Crippen molar-refractivity contribution in [2.24, 2.45) is 0 Å². The normalized spacial score (nSPS) is 10.3. The maximum absolute atomic E-state index is 11.8. The highest BCUT2D eigenvalue weighted by atomic mass is 16.1. The molecule has 16 heavy (non-hydrogen) atoms. The van der Waals surface area contributed by atoms with Crippen molar-refractivity contribution in [3.63, 3.8) is 0 Å². The third-order valence-electron chi connectivity index (χ3n) is 2.23. The second-order valence-corrected chi connectivity index (χ2v) is 3.72. The molecule has 0 saturated heterocycles. The van der Waals surface area contributed by atoms with Crippen LogP contribution in [0.5, 0.6) is 0 Å². The summed E-state index contributed by atoms with van der Waals surface area (Å²) in [4.78, 5) is 11.8. The quantitative estimate of drug-likeness (QED) is 0.535. The molecule has 0 unspecified atom stereocenters. The highest BCUT2D eigenvalue weighted by Gasteiger charge is 2.05. The first-order valence-corrected chi connectivity index (χ1v) is 5.20. The van der Waals surface area contributed by atoms with Crippen LogP contribution >= 0.6 is 0 Å². The minimum atomic E-state index is 0.0960.